The number of fused-ring (bicyclic) bond motifs is 1. The predicted molar refractivity (Wildman–Crippen MR) is 108 cm³/mol. The van der Waals surface area contributed by atoms with Crippen LogP contribution in [-0.4, -0.2) is 39.0 Å². The highest BCUT2D eigenvalue weighted by Gasteiger charge is 2.28. The van der Waals surface area contributed by atoms with E-state index in [-0.39, 0.29) is 35.2 Å². The van der Waals surface area contributed by atoms with Crippen LogP contribution < -0.4 is 11.1 Å². The van der Waals surface area contributed by atoms with E-state index in [0.717, 1.165) is 12.8 Å². The van der Waals surface area contributed by atoms with Crippen molar-refractivity contribution >= 4 is 23.4 Å². The molecule has 0 saturated heterocycles. The molecule has 142 valence electrons. The summed E-state index contributed by atoms with van der Waals surface area (Å²) in [5.74, 6) is 0.182. The fraction of sp³-hybridized carbons (Fsp3) is 0.190. The number of carbonyl (C=O) groups excluding carboxylic acids is 1. The van der Waals surface area contributed by atoms with Gasteiger partial charge in [0.15, 0.2) is 0 Å². The number of aromatic nitrogens is 2. The van der Waals surface area contributed by atoms with E-state index in [9.17, 15) is 9.90 Å². The van der Waals surface area contributed by atoms with Crippen LogP contribution in [0.15, 0.2) is 54.6 Å². The molecule has 0 saturated carbocycles. The number of nitrogens with one attached hydrogen (secondary N) is 1. The lowest BCUT2D eigenvalue weighted by Gasteiger charge is -2.24. The molecule has 0 unspecified atom stereocenters. The van der Waals surface area contributed by atoms with Gasteiger partial charge in [-0.2, -0.15) is 4.98 Å². The summed E-state index contributed by atoms with van der Waals surface area (Å²) in [5, 5.41) is 12.8. The molecule has 0 spiro atoms. The Morgan fingerprint density at radius 2 is 1.75 bits per heavy atom. The lowest BCUT2D eigenvalue weighted by molar-refractivity contribution is 0.0732. The Kier molecular flexibility index (Phi) is 4.57. The molecule has 0 atom stereocenters. The van der Waals surface area contributed by atoms with Gasteiger partial charge < -0.3 is 21.1 Å². The average Bonchev–Trinajstić information content (AvgIpc) is 3.12. The number of para-hydroxylation sites is 2. The molecular weight excluding hydrogens is 354 g/mol. The second-order valence-corrected chi connectivity index (χ2v) is 6.89. The third-order valence-electron chi connectivity index (χ3n) is 5.01. The summed E-state index contributed by atoms with van der Waals surface area (Å²) in [7, 11) is 1.79. The number of nitrogens with zero attached hydrogens (tertiary/aromatic N) is 3. The molecule has 1 aromatic heterocycles. The molecule has 4 rings (SSSR count). The monoisotopic (exact) mass is 375 g/mol. The normalized spacial score (nSPS) is 13.2. The maximum Gasteiger partial charge on any atom is 0.272 e. The van der Waals surface area contributed by atoms with Gasteiger partial charge in [0.2, 0.25) is 5.95 Å². The van der Waals surface area contributed by atoms with Crippen molar-refractivity contribution in [1.29, 1.82) is 0 Å². The van der Waals surface area contributed by atoms with Gasteiger partial charge in [-0.25, -0.2) is 4.98 Å². The molecule has 28 heavy (non-hydrogen) atoms. The molecule has 2 aromatic carbocycles. The minimum Gasteiger partial charge on any atom is -0.506 e. The van der Waals surface area contributed by atoms with E-state index in [1.165, 1.54) is 17.2 Å². The Labute approximate surface area is 162 Å². The minimum atomic E-state index is -0.216. The molecule has 0 bridgehead atoms. The van der Waals surface area contributed by atoms with Crippen molar-refractivity contribution in [2.45, 2.75) is 18.9 Å². The third kappa shape index (κ3) is 3.46. The summed E-state index contributed by atoms with van der Waals surface area (Å²) in [4.78, 5) is 23.1. The first-order valence-corrected chi connectivity index (χ1v) is 9.05. The molecule has 1 aliphatic rings. The number of hydrogen-bond acceptors (Lipinski definition) is 6. The number of aromatic hydroxyl groups is 1. The number of likely N-dealkylation sites (N-methyl/N-ethyl adjacent to an activating group) is 1. The highest BCUT2D eigenvalue weighted by atomic mass is 16.3. The van der Waals surface area contributed by atoms with E-state index in [4.69, 9.17) is 5.73 Å². The van der Waals surface area contributed by atoms with Crippen molar-refractivity contribution in [3.8, 4) is 5.75 Å². The molecule has 0 fully saturated rings. The van der Waals surface area contributed by atoms with Crippen LogP contribution >= 0.6 is 0 Å². The van der Waals surface area contributed by atoms with Gasteiger partial charge in [-0.05, 0) is 36.1 Å². The van der Waals surface area contributed by atoms with Gasteiger partial charge in [0, 0.05) is 19.2 Å². The number of phenols is 1. The Balaban J connectivity index is 1.55. The van der Waals surface area contributed by atoms with Crippen molar-refractivity contribution < 1.29 is 9.90 Å². The molecule has 3 aromatic rings. The molecule has 4 N–H and O–H groups in total. The first-order chi connectivity index (χ1) is 13.5. The largest absolute Gasteiger partial charge is 0.506 e. The van der Waals surface area contributed by atoms with Crippen LogP contribution in [-0.2, 0) is 12.8 Å². The van der Waals surface area contributed by atoms with E-state index in [1.807, 2.05) is 12.1 Å². The summed E-state index contributed by atoms with van der Waals surface area (Å²) in [6.07, 6.45) is 1.64. The van der Waals surface area contributed by atoms with E-state index < -0.39 is 0 Å². The lowest BCUT2D eigenvalue weighted by Crippen LogP contribution is -2.38. The van der Waals surface area contributed by atoms with Crippen LogP contribution in [0, 0.1) is 0 Å². The summed E-state index contributed by atoms with van der Waals surface area (Å²) in [6.45, 7) is 0. The molecule has 0 aliphatic heterocycles. The van der Waals surface area contributed by atoms with Crippen LogP contribution in [0.25, 0.3) is 0 Å². The minimum absolute atomic E-state index is 0.0576. The summed E-state index contributed by atoms with van der Waals surface area (Å²) >= 11 is 0. The molecule has 7 heteroatoms. The maximum absolute atomic E-state index is 13.0. The van der Waals surface area contributed by atoms with Gasteiger partial charge in [0.1, 0.15) is 17.3 Å². The van der Waals surface area contributed by atoms with Gasteiger partial charge in [-0.1, -0.05) is 36.4 Å². The van der Waals surface area contributed by atoms with Gasteiger partial charge in [0.25, 0.3) is 5.91 Å². The first kappa shape index (κ1) is 17.8. The van der Waals surface area contributed by atoms with Crippen LogP contribution in [0.2, 0.25) is 0 Å². The highest BCUT2D eigenvalue weighted by Crippen LogP contribution is 2.27. The van der Waals surface area contributed by atoms with Crippen LogP contribution in [0.1, 0.15) is 21.6 Å². The Morgan fingerprint density at radius 1 is 1.11 bits per heavy atom. The van der Waals surface area contributed by atoms with Crippen molar-refractivity contribution in [1.82, 2.24) is 14.9 Å². The number of anilines is 3. The predicted octanol–water partition coefficient (Wildman–Crippen LogP) is 2.75. The fourth-order valence-electron chi connectivity index (χ4n) is 3.49. The number of benzene rings is 2. The fourth-order valence-corrected chi connectivity index (χ4v) is 3.49. The second kappa shape index (κ2) is 7.19. The quantitative estimate of drug-likeness (QED) is 0.606. The second-order valence-electron chi connectivity index (χ2n) is 6.89. The number of nitrogen functional groups attached to an aromatic ring is 1. The SMILES string of the molecule is CN(C(=O)c1cc(N)nc(Nc2ccccc2O)n1)C1Cc2ccccc2C1. The summed E-state index contributed by atoms with van der Waals surface area (Å²) in [5.41, 5.74) is 9.08. The number of phenolic OH excluding ortho intramolecular Hbond substituents is 1. The molecule has 7 nitrogen and oxygen atoms in total. The number of rotatable bonds is 4. The molecule has 1 amide bonds. The van der Waals surface area contributed by atoms with E-state index in [0.29, 0.717) is 5.69 Å². The van der Waals surface area contributed by atoms with E-state index in [1.54, 1.807) is 36.2 Å². The van der Waals surface area contributed by atoms with Crippen molar-refractivity contribution in [3.63, 3.8) is 0 Å². The number of hydrogen-bond donors (Lipinski definition) is 3. The zero-order valence-electron chi connectivity index (χ0n) is 15.5. The Bertz CT molecular complexity index is 1010. The first-order valence-electron chi connectivity index (χ1n) is 9.05. The summed E-state index contributed by atoms with van der Waals surface area (Å²) < 4.78 is 0. The topological polar surface area (TPSA) is 104 Å². The van der Waals surface area contributed by atoms with Gasteiger partial charge in [0.05, 0.1) is 5.69 Å². The smallest absolute Gasteiger partial charge is 0.272 e. The molecule has 1 aliphatic carbocycles. The number of carbonyl (C=O) groups is 1. The van der Waals surface area contributed by atoms with Crippen LogP contribution in [0.5, 0.6) is 5.75 Å². The van der Waals surface area contributed by atoms with Crippen molar-refractivity contribution in [2.75, 3.05) is 18.1 Å². The van der Waals surface area contributed by atoms with Gasteiger partial charge >= 0.3 is 0 Å². The van der Waals surface area contributed by atoms with Crippen molar-refractivity contribution in [3.05, 3.63) is 71.4 Å². The van der Waals surface area contributed by atoms with Gasteiger partial charge in [-0.3, -0.25) is 4.79 Å². The zero-order chi connectivity index (χ0) is 19.7. The van der Waals surface area contributed by atoms with Crippen LogP contribution in [0.4, 0.5) is 17.5 Å². The molecule has 0 radical (unpaired) electrons. The zero-order valence-corrected chi connectivity index (χ0v) is 15.5. The van der Waals surface area contributed by atoms with E-state index in [2.05, 4.69) is 27.4 Å². The number of amides is 1. The summed E-state index contributed by atoms with van der Waals surface area (Å²) in [6, 6.07) is 16.5. The highest BCUT2D eigenvalue weighted by molar-refractivity contribution is 5.93. The van der Waals surface area contributed by atoms with Crippen molar-refractivity contribution in [2.24, 2.45) is 0 Å². The van der Waals surface area contributed by atoms with E-state index >= 15 is 0 Å². The molecule has 1 heterocycles. The number of nitrogens with two attached hydrogens (primary N) is 1. The standard InChI is InChI=1S/C21H21N5O2/c1-26(15-10-13-6-2-3-7-14(13)11-15)20(28)17-12-19(22)25-21(24-17)23-16-8-4-5-9-18(16)27/h2-9,12,15,27H,10-11H2,1H3,(H3,22,23,24,25). The van der Waals surface area contributed by atoms with Gasteiger partial charge in [-0.15, -0.1) is 0 Å². The maximum atomic E-state index is 13.0. The third-order valence-corrected chi connectivity index (χ3v) is 5.01. The Hall–Kier alpha value is -3.61. The molecular formula is C21H21N5O2. The Morgan fingerprint density at radius 3 is 2.43 bits per heavy atom. The lowest BCUT2D eigenvalue weighted by atomic mass is 10.1. The average molecular weight is 375 g/mol. The van der Waals surface area contributed by atoms with Crippen LogP contribution in [0.3, 0.4) is 0 Å².